The minimum Gasteiger partial charge on any atom is -0.294 e. The molecule has 0 fully saturated rings. The summed E-state index contributed by atoms with van der Waals surface area (Å²) in [4.78, 5) is 11.7. The number of rotatable bonds is 6. The van der Waals surface area contributed by atoms with E-state index in [1.165, 1.54) is 12.1 Å². The Morgan fingerprint density at radius 3 is 2.85 bits per heavy atom. The summed E-state index contributed by atoms with van der Waals surface area (Å²) >= 11 is 0. The molecule has 7 heteroatoms. The Labute approximate surface area is 117 Å². The largest absolute Gasteiger partial charge is 0.294 e. The van der Waals surface area contributed by atoms with Gasteiger partial charge < -0.3 is 0 Å². The van der Waals surface area contributed by atoms with Crippen LogP contribution in [-0.2, 0) is 16.6 Å². The second kappa shape index (κ2) is 5.98. The fraction of sp³-hybridized carbons (Fsp3) is 0.231. The van der Waals surface area contributed by atoms with Gasteiger partial charge in [-0.05, 0) is 12.1 Å². The fourth-order valence-electron chi connectivity index (χ4n) is 1.68. The van der Waals surface area contributed by atoms with Gasteiger partial charge in [0.15, 0.2) is 5.78 Å². The van der Waals surface area contributed by atoms with Crippen LogP contribution in [0, 0.1) is 0 Å². The van der Waals surface area contributed by atoms with Crippen LogP contribution in [0.5, 0.6) is 0 Å². The molecule has 2 N–H and O–H groups in total. The third-order valence-electron chi connectivity index (χ3n) is 2.81. The van der Waals surface area contributed by atoms with E-state index in [-0.39, 0.29) is 17.2 Å². The maximum absolute atomic E-state index is 12.1. The van der Waals surface area contributed by atoms with Crippen LogP contribution >= 0.6 is 0 Å². The van der Waals surface area contributed by atoms with E-state index in [1.54, 1.807) is 31.5 Å². The van der Waals surface area contributed by atoms with E-state index < -0.39 is 10.0 Å². The predicted molar refractivity (Wildman–Crippen MR) is 73.7 cm³/mol. The van der Waals surface area contributed by atoms with Crippen molar-refractivity contribution in [3.05, 3.63) is 47.8 Å². The number of nitrogens with one attached hydrogen (secondary N) is 2. The lowest BCUT2D eigenvalue weighted by atomic mass is 10.1. The quantitative estimate of drug-likeness (QED) is 0.789. The number of hydrogen-bond donors (Lipinski definition) is 2. The maximum Gasteiger partial charge on any atom is 0.240 e. The van der Waals surface area contributed by atoms with Gasteiger partial charge in [0.2, 0.25) is 10.0 Å². The molecule has 0 bridgehead atoms. The zero-order valence-corrected chi connectivity index (χ0v) is 11.8. The lowest BCUT2D eigenvalue weighted by Gasteiger charge is -2.07. The number of sulfonamides is 1. The molecule has 20 heavy (non-hydrogen) atoms. The van der Waals surface area contributed by atoms with E-state index in [1.807, 2.05) is 0 Å². The monoisotopic (exact) mass is 293 g/mol. The first-order valence-electron chi connectivity index (χ1n) is 6.13. The van der Waals surface area contributed by atoms with Crippen LogP contribution in [0.2, 0.25) is 0 Å². The number of ketones is 1. The molecule has 2 rings (SSSR count). The van der Waals surface area contributed by atoms with Crippen molar-refractivity contribution in [3.8, 4) is 0 Å². The number of aromatic amines is 1. The topological polar surface area (TPSA) is 91.9 Å². The molecule has 0 aliphatic heterocycles. The second-order valence-corrected chi connectivity index (χ2v) is 6.00. The summed E-state index contributed by atoms with van der Waals surface area (Å²) in [5, 5.41) is 6.35. The Balaban J connectivity index is 2.18. The van der Waals surface area contributed by atoms with Gasteiger partial charge in [-0.3, -0.25) is 9.89 Å². The van der Waals surface area contributed by atoms with Gasteiger partial charge in [-0.1, -0.05) is 19.1 Å². The molecular weight excluding hydrogens is 278 g/mol. The highest BCUT2D eigenvalue weighted by Gasteiger charge is 2.15. The minimum atomic E-state index is -3.64. The Kier molecular flexibility index (Phi) is 4.31. The van der Waals surface area contributed by atoms with Crippen LogP contribution in [0.1, 0.15) is 29.3 Å². The predicted octanol–water partition coefficient (Wildman–Crippen LogP) is 1.48. The lowest BCUT2D eigenvalue weighted by molar-refractivity contribution is 0.0988. The van der Waals surface area contributed by atoms with E-state index in [2.05, 4.69) is 14.9 Å². The molecule has 2 aromatic rings. The van der Waals surface area contributed by atoms with Crippen molar-refractivity contribution in [1.29, 1.82) is 0 Å². The Bertz CT molecular complexity index is 693. The fourth-order valence-corrected chi connectivity index (χ4v) is 2.74. The summed E-state index contributed by atoms with van der Waals surface area (Å²) in [6, 6.07) is 6.03. The molecule has 1 heterocycles. The number of nitrogens with zero attached hydrogens (tertiary/aromatic N) is 1. The normalized spacial score (nSPS) is 11.4. The average molecular weight is 293 g/mol. The van der Waals surface area contributed by atoms with Gasteiger partial charge in [0.1, 0.15) is 0 Å². The average Bonchev–Trinajstić information content (AvgIpc) is 2.98. The molecule has 0 aliphatic rings. The first kappa shape index (κ1) is 14.4. The third kappa shape index (κ3) is 3.31. The van der Waals surface area contributed by atoms with Crippen LogP contribution in [-0.4, -0.2) is 24.4 Å². The molecule has 0 amide bonds. The number of hydrogen-bond acceptors (Lipinski definition) is 4. The third-order valence-corrected chi connectivity index (χ3v) is 4.21. The second-order valence-electron chi connectivity index (χ2n) is 4.24. The van der Waals surface area contributed by atoms with Crippen molar-refractivity contribution in [2.24, 2.45) is 0 Å². The van der Waals surface area contributed by atoms with Crippen molar-refractivity contribution >= 4 is 15.8 Å². The van der Waals surface area contributed by atoms with Gasteiger partial charge in [-0.15, -0.1) is 0 Å². The van der Waals surface area contributed by atoms with E-state index in [0.29, 0.717) is 12.0 Å². The number of H-pyrrole nitrogens is 1. The van der Waals surface area contributed by atoms with Gasteiger partial charge in [-0.2, -0.15) is 5.10 Å². The van der Waals surface area contributed by atoms with Crippen molar-refractivity contribution in [1.82, 2.24) is 14.9 Å². The number of Topliss-reactive ketones (excluding diaryl/α,β-unsaturated/α-hetero) is 1. The van der Waals surface area contributed by atoms with Crippen LogP contribution in [0.15, 0.2) is 41.6 Å². The molecule has 106 valence electrons. The van der Waals surface area contributed by atoms with Crippen LogP contribution in [0.25, 0.3) is 0 Å². The Morgan fingerprint density at radius 1 is 1.40 bits per heavy atom. The van der Waals surface area contributed by atoms with Gasteiger partial charge >= 0.3 is 0 Å². The lowest BCUT2D eigenvalue weighted by Crippen LogP contribution is -2.23. The maximum atomic E-state index is 12.1. The molecule has 0 radical (unpaired) electrons. The van der Waals surface area contributed by atoms with E-state index >= 15 is 0 Å². The molecule has 0 saturated heterocycles. The highest BCUT2D eigenvalue weighted by atomic mass is 32.2. The Morgan fingerprint density at radius 2 is 2.20 bits per heavy atom. The van der Waals surface area contributed by atoms with Crippen molar-refractivity contribution in [2.45, 2.75) is 24.8 Å². The molecule has 1 aromatic carbocycles. The molecule has 0 saturated carbocycles. The minimum absolute atomic E-state index is 0.0836. The molecule has 6 nitrogen and oxygen atoms in total. The van der Waals surface area contributed by atoms with Gasteiger partial charge in [0.25, 0.3) is 0 Å². The number of carbonyl (C=O) groups is 1. The van der Waals surface area contributed by atoms with Crippen LogP contribution < -0.4 is 4.72 Å². The van der Waals surface area contributed by atoms with Crippen molar-refractivity contribution < 1.29 is 13.2 Å². The number of benzene rings is 1. The zero-order chi connectivity index (χ0) is 14.6. The standard InChI is InChI=1S/C13H15N3O3S/c1-2-13(17)11-4-3-5-12(6-11)20(18,19)16-9-10-7-14-15-8-10/h3-8,16H,2,9H2,1H3,(H,14,15). The summed E-state index contributed by atoms with van der Waals surface area (Å²) in [6.45, 7) is 1.88. The molecule has 0 spiro atoms. The van der Waals surface area contributed by atoms with Crippen molar-refractivity contribution in [2.75, 3.05) is 0 Å². The van der Waals surface area contributed by atoms with E-state index in [4.69, 9.17) is 0 Å². The highest BCUT2D eigenvalue weighted by molar-refractivity contribution is 7.89. The summed E-state index contributed by atoms with van der Waals surface area (Å²) in [7, 11) is -3.64. The van der Waals surface area contributed by atoms with Crippen LogP contribution in [0.3, 0.4) is 0 Å². The molecular formula is C13H15N3O3S. The zero-order valence-electron chi connectivity index (χ0n) is 11.0. The molecule has 0 atom stereocenters. The van der Waals surface area contributed by atoms with Crippen LogP contribution in [0.4, 0.5) is 0 Å². The first-order chi connectivity index (χ1) is 9.53. The summed E-state index contributed by atoms with van der Waals surface area (Å²) in [5.74, 6) is -0.0862. The molecule has 0 aliphatic carbocycles. The van der Waals surface area contributed by atoms with Gasteiger partial charge in [0.05, 0.1) is 11.1 Å². The Hall–Kier alpha value is -1.99. The summed E-state index contributed by atoms with van der Waals surface area (Å²) < 4.78 is 26.7. The highest BCUT2D eigenvalue weighted by Crippen LogP contribution is 2.13. The molecule has 0 unspecified atom stereocenters. The summed E-state index contributed by atoms with van der Waals surface area (Å²) in [6.07, 6.45) is 3.49. The number of carbonyl (C=O) groups excluding carboxylic acids is 1. The van der Waals surface area contributed by atoms with E-state index in [0.717, 1.165) is 5.56 Å². The SMILES string of the molecule is CCC(=O)c1cccc(S(=O)(=O)NCc2cn[nH]c2)c1. The smallest absolute Gasteiger partial charge is 0.240 e. The van der Waals surface area contributed by atoms with Gasteiger partial charge in [0, 0.05) is 30.3 Å². The first-order valence-corrected chi connectivity index (χ1v) is 7.62. The van der Waals surface area contributed by atoms with Crippen molar-refractivity contribution in [3.63, 3.8) is 0 Å². The summed E-state index contributed by atoms with van der Waals surface area (Å²) in [5.41, 5.74) is 1.13. The van der Waals surface area contributed by atoms with E-state index in [9.17, 15) is 13.2 Å². The van der Waals surface area contributed by atoms with Gasteiger partial charge in [-0.25, -0.2) is 13.1 Å². The molecule has 1 aromatic heterocycles. The number of aromatic nitrogens is 2.